The van der Waals surface area contributed by atoms with Crippen molar-refractivity contribution in [3.8, 4) is 0 Å². The lowest BCUT2D eigenvalue weighted by Gasteiger charge is -2.37. The molecule has 0 unspecified atom stereocenters. The zero-order valence-corrected chi connectivity index (χ0v) is 26.3. The monoisotopic (exact) mass is 496 g/mol. The third-order valence-corrected chi connectivity index (χ3v) is 14.3. The minimum Gasteiger partial charge on any atom is -0.425 e. The second-order valence-corrected chi connectivity index (χ2v) is 17.2. The summed E-state index contributed by atoms with van der Waals surface area (Å²) in [6.07, 6.45) is 8.59. The first kappa shape index (κ1) is 26.9. The summed E-state index contributed by atoms with van der Waals surface area (Å²) in [7, 11) is -4.85. The maximum atomic E-state index is 6.43. The molecule has 1 heterocycles. The zero-order chi connectivity index (χ0) is 22.9. The Labute approximate surface area is 199 Å². The highest BCUT2D eigenvalue weighted by atomic mass is 28.4. The van der Waals surface area contributed by atoms with Crippen molar-refractivity contribution >= 4 is 44.9 Å². The maximum Gasteiger partial charge on any atom is 0.333 e. The summed E-state index contributed by atoms with van der Waals surface area (Å²) in [4.78, 5) is 0. The second-order valence-electron chi connectivity index (χ2n) is 9.18. The summed E-state index contributed by atoms with van der Waals surface area (Å²) in [6, 6.07) is 4.57. The Morgan fingerprint density at radius 1 is 0.839 bits per heavy atom. The van der Waals surface area contributed by atoms with Crippen molar-refractivity contribution in [2.45, 2.75) is 93.4 Å². The van der Waals surface area contributed by atoms with E-state index in [4.69, 9.17) is 16.5 Å². The Bertz CT molecular complexity index is 714. The van der Waals surface area contributed by atoms with Gasteiger partial charge >= 0.3 is 9.28 Å². The topological polar surface area (TPSA) is 36.9 Å². The van der Waals surface area contributed by atoms with E-state index in [0.29, 0.717) is 5.41 Å². The van der Waals surface area contributed by atoms with E-state index < -0.39 is 39.3 Å². The smallest absolute Gasteiger partial charge is 0.333 e. The third-order valence-electron chi connectivity index (χ3n) is 6.91. The van der Waals surface area contributed by atoms with Gasteiger partial charge in [0.25, 0.3) is 30.0 Å². The van der Waals surface area contributed by atoms with E-state index in [1.54, 1.807) is 0 Å². The molecule has 0 amide bonds. The molecule has 0 aromatic heterocycles. The van der Waals surface area contributed by atoms with Gasteiger partial charge in [0.15, 0.2) is 0 Å². The predicted molar refractivity (Wildman–Crippen MR) is 142 cm³/mol. The van der Waals surface area contributed by atoms with Crippen molar-refractivity contribution < 1.29 is 16.5 Å². The Morgan fingerprint density at radius 2 is 1.39 bits per heavy atom. The van der Waals surface area contributed by atoms with Crippen LogP contribution >= 0.6 is 0 Å². The Morgan fingerprint density at radius 3 is 1.90 bits per heavy atom. The molecule has 1 saturated heterocycles. The zero-order valence-electron chi connectivity index (χ0n) is 20.9. The minimum absolute atomic E-state index is 0.337. The molecule has 0 spiro atoms. The number of benzene rings is 1. The fourth-order valence-corrected chi connectivity index (χ4v) is 14.7. The molecule has 0 saturated carbocycles. The van der Waals surface area contributed by atoms with Gasteiger partial charge in [-0.25, -0.2) is 0 Å². The number of aryl methyl sites for hydroxylation is 1. The maximum absolute atomic E-state index is 6.43. The number of allylic oxidation sites excluding steroid dienone is 2. The van der Waals surface area contributed by atoms with Gasteiger partial charge in [-0.15, -0.1) is 0 Å². The molecule has 4 nitrogen and oxygen atoms in total. The van der Waals surface area contributed by atoms with E-state index in [9.17, 15) is 0 Å². The largest absolute Gasteiger partial charge is 0.425 e. The van der Waals surface area contributed by atoms with Gasteiger partial charge in [0.1, 0.15) is 0 Å². The molecule has 0 bridgehead atoms. The van der Waals surface area contributed by atoms with Gasteiger partial charge < -0.3 is 16.5 Å². The van der Waals surface area contributed by atoms with Gasteiger partial charge in [-0.3, -0.25) is 0 Å². The van der Waals surface area contributed by atoms with E-state index >= 15 is 0 Å². The molecule has 0 N–H and O–H groups in total. The highest BCUT2D eigenvalue weighted by molar-refractivity contribution is 6.66. The van der Waals surface area contributed by atoms with E-state index in [-0.39, 0.29) is 0 Å². The van der Waals surface area contributed by atoms with Crippen LogP contribution in [0.25, 0.3) is 5.57 Å². The van der Waals surface area contributed by atoms with E-state index in [1.807, 2.05) is 0 Å². The first-order chi connectivity index (χ1) is 14.9. The van der Waals surface area contributed by atoms with Gasteiger partial charge in [0.2, 0.25) is 0 Å². The summed E-state index contributed by atoms with van der Waals surface area (Å²) >= 11 is 0. The molecule has 1 fully saturated rings. The van der Waals surface area contributed by atoms with Crippen LogP contribution in [-0.2, 0) is 16.5 Å². The molecule has 1 aromatic carbocycles. The second kappa shape index (κ2) is 13.4. The fraction of sp³-hybridized carbons (Fsp3) is 0.652. The Balaban J connectivity index is 2.58. The third kappa shape index (κ3) is 7.33. The van der Waals surface area contributed by atoms with Crippen LogP contribution in [0.1, 0.15) is 94.9 Å². The minimum atomic E-state index is -1.99. The van der Waals surface area contributed by atoms with E-state index in [1.165, 1.54) is 71.5 Å². The molecule has 1 aliphatic rings. The normalized spacial score (nSPS) is 21.3. The standard InChI is InChI=1S/C23H44O4Si4/c1-8-13-23(14-9-2,15-10-3)16-22(31-26-29-24-28-25-30-27-31)20(7)21-12-11-17(4)18(5)19(21)6/h11-12,31H,8-10,13-16,28-30H2,1-7H3. The Kier molecular flexibility index (Phi) is 11.6. The van der Waals surface area contributed by atoms with Crippen molar-refractivity contribution in [1.29, 1.82) is 0 Å². The van der Waals surface area contributed by atoms with Crippen molar-refractivity contribution in [3.05, 3.63) is 39.6 Å². The Hall–Kier alpha value is -0.332. The first-order valence-corrected chi connectivity index (χ1v) is 17.0. The van der Waals surface area contributed by atoms with Gasteiger partial charge in [-0.05, 0) is 91.8 Å². The van der Waals surface area contributed by atoms with Crippen molar-refractivity contribution in [3.63, 3.8) is 0 Å². The lowest BCUT2D eigenvalue weighted by atomic mass is 9.72. The summed E-state index contributed by atoms with van der Waals surface area (Å²) in [5.41, 5.74) is 7.21. The molecule has 0 atom stereocenters. The van der Waals surface area contributed by atoms with Crippen LogP contribution in [0.15, 0.2) is 17.3 Å². The average Bonchev–Trinajstić information content (AvgIpc) is 2.71. The number of hydrogen-bond donors (Lipinski definition) is 0. The average molecular weight is 497 g/mol. The van der Waals surface area contributed by atoms with Crippen LogP contribution in [0.2, 0.25) is 0 Å². The summed E-state index contributed by atoms with van der Waals surface area (Å²) in [5.74, 6) is 0. The molecule has 1 aromatic rings. The molecular weight excluding hydrogens is 453 g/mol. The molecule has 0 aliphatic carbocycles. The SMILES string of the molecule is CCCC(CCC)(CCC)CC(=C(C)c1ccc(C)c(C)c1C)[SiH]1O[SiH2]O[SiH2]O[SiH2]O1. The van der Waals surface area contributed by atoms with E-state index in [0.717, 1.165) is 6.42 Å². The van der Waals surface area contributed by atoms with E-state index in [2.05, 4.69) is 60.6 Å². The molecular formula is C23H44O4Si4. The van der Waals surface area contributed by atoms with Gasteiger partial charge in [0, 0.05) is 0 Å². The summed E-state index contributed by atoms with van der Waals surface area (Å²) < 4.78 is 24.4. The van der Waals surface area contributed by atoms with Crippen LogP contribution in [0.3, 0.4) is 0 Å². The number of hydrogen-bond acceptors (Lipinski definition) is 4. The summed E-state index contributed by atoms with van der Waals surface area (Å²) in [5, 5.41) is 1.46. The van der Waals surface area contributed by atoms with Crippen LogP contribution in [0, 0.1) is 26.2 Å². The molecule has 8 heteroatoms. The predicted octanol–water partition coefficient (Wildman–Crippen LogP) is 4.00. The molecule has 31 heavy (non-hydrogen) atoms. The fourth-order valence-electron chi connectivity index (χ4n) is 5.16. The van der Waals surface area contributed by atoms with Crippen molar-refractivity contribution in [2.75, 3.05) is 0 Å². The van der Waals surface area contributed by atoms with Gasteiger partial charge in [-0.2, -0.15) is 0 Å². The quantitative estimate of drug-likeness (QED) is 0.459. The van der Waals surface area contributed by atoms with Crippen LogP contribution < -0.4 is 0 Å². The van der Waals surface area contributed by atoms with Crippen LogP contribution in [0.4, 0.5) is 0 Å². The van der Waals surface area contributed by atoms with Gasteiger partial charge in [0.05, 0.1) is 0 Å². The molecule has 2 rings (SSSR count). The van der Waals surface area contributed by atoms with Crippen LogP contribution in [-0.4, -0.2) is 39.3 Å². The van der Waals surface area contributed by atoms with Gasteiger partial charge in [-0.1, -0.05) is 52.2 Å². The van der Waals surface area contributed by atoms with Crippen LogP contribution in [0.5, 0.6) is 0 Å². The lowest BCUT2D eigenvalue weighted by molar-refractivity contribution is 0.209. The molecule has 176 valence electrons. The van der Waals surface area contributed by atoms with Crippen molar-refractivity contribution in [2.24, 2.45) is 5.41 Å². The highest BCUT2D eigenvalue weighted by Crippen LogP contribution is 2.43. The molecule has 1 aliphatic heterocycles. The lowest BCUT2D eigenvalue weighted by Crippen LogP contribution is -2.37. The number of rotatable bonds is 10. The summed E-state index contributed by atoms with van der Waals surface area (Å²) in [6.45, 7) is 16.0. The van der Waals surface area contributed by atoms with Crippen molar-refractivity contribution in [1.82, 2.24) is 0 Å². The molecule has 0 radical (unpaired) electrons. The first-order valence-electron chi connectivity index (χ1n) is 12.0. The highest BCUT2D eigenvalue weighted by Gasteiger charge is 2.34.